The number of hydrogen-bond acceptors (Lipinski definition) is 2. The van der Waals surface area contributed by atoms with Gasteiger partial charge in [0, 0.05) is 23.5 Å². The van der Waals surface area contributed by atoms with Crippen molar-refractivity contribution in [1.29, 1.82) is 0 Å². The van der Waals surface area contributed by atoms with Gasteiger partial charge in [0.1, 0.15) is 6.04 Å². The van der Waals surface area contributed by atoms with Crippen LogP contribution >= 0.6 is 0 Å². The number of amides is 1. The molecule has 1 unspecified atom stereocenters. The number of carbonyl (C=O) groups is 2. The number of nitrogens with one attached hydrogen (secondary N) is 2. The van der Waals surface area contributed by atoms with Crippen molar-refractivity contribution >= 4 is 23.1 Å². The Kier molecular flexibility index (Phi) is 3.78. The number of para-hydroxylation sites is 1. The summed E-state index contributed by atoms with van der Waals surface area (Å²) in [5.41, 5.74) is 1.30. The summed E-state index contributed by atoms with van der Waals surface area (Å²) in [6, 6.07) is 5.41. The highest BCUT2D eigenvalue weighted by atomic mass is 19.4. The minimum atomic E-state index is -4.98. The van der Waals surface area contributed by atoms with E-state index in [1.165, 1.54) is 6.20 Å². The van der Waals surface area contributed by atoms with Gasteiger partial charge >= 0.3 is 6.18 Å². The third-order valence-electron chi connectivity index (χ3n) is 2.96. The molecule has 1 aromatic heterocycles. The Balaban J connectivity index is 2.28. The fourth-order valence-electron chi connectivity index (χ4n) is 2.03. The van der Waals surface area contributed by atoms with Crippen LogP contribution in [0.1, 0.15) is 5.56 Å². The summed E-state index contributed by atoms with van der Waals surface area (Å²) in [7, 11) is 0. The molecule has 1 aromatic carbocycles. The molecule has 4 nitrogen and oxygen atoms in total. The van der Waals surface area contributed by atoms with E-state index < -0.39 is 18.0 Å². The van der Waals surface area contributed by atoms with Gasteiger partial charge in [0.05, 0.1) is 0 Å². The van der Waals surface area contributed by atoms with Crippen LogP contribution < -0.4 is 5.32 Å². The Morgan fingerprint density at radius 2 is 2.05 bits per heavy atom. The van der Waals surface area contributed by atoms with E-state index in [-0.39, 0.29) is 12.8 Å². The SMILES string of the molecule is O=CNC(Cc1c[nH]c2ccccc12)C(=O)C(F)(F)F. The quantitative estimate of drug-likeness (QED) is 0.824. The van der Waals surface area contributed by atoms with Crippen molar-refractivity contribution in [3.05, 3.63) is 36.0 Å². The smallest absolute Gasteiger partial charge is 0.361 e. The summed E-state index contributed by atoms with van der Waals surface area (Å²) in [5.74, 6) is -1.96. The first-order chi connectivity index (χ1) is 9.43. The van der Waals surface area contributed by atoms with Gasteiger partial charge in [-0.15, -0.1) is 0 Å². The van der Waals surface area contributed by atoms with Crippen molar-refractivity contribution in [1.82, 2.24) is 10.3 Å². The third-order valence-corrected chi connectivity index (χ3v) is 2.96. The van der Waals surface area contributed by atoms with E-state index in [4.69, 9.17) is 0 Å². The number of rotatable bonds is 5. The summed E-state index contributed by atoms with van der Waals surface area (Å²) >= 11 is 0. The van der Waals surface area contributed by atoms with Crippen LogP contribution in [0.2, 0.25) is 0 Å². The molecule has 0 saturated heterocycles. The average molecular weight is 284 g/mol. The number of alkyl halides is 3. The molecule has 2 aromatic rings. The number of benzene rings is 1. The maximum atomic E-state index is 12.5. The number of fused-ring (bicyclic) bond motifs is 1. The lowest BCUT2D eigenvalue weighted by atomic mass is 10.0. The van der Waals surface area contributed by atoms with Crippen LogP contribution in [-0.4, -0.2) is 29.4 Å². The van der Waals surface area contributed by atoms with E-state index in [2.05, 4.69) is 4.98 Å². The molecule has 0 fully saturated rings. The molecule has 0 aliphatic rings. The van der Waals surface area contributed by atoms with Crippen molar-refractivity contribution in [3.63, 3.8) is 0 Å². The zero-order valence-electron chi connectivity index (χ0n) is 10.2. The van der Waals surface area contributed by atoms with Crippen molar-refractivity contribution in [2.75, 3.05) is 0 Å². The van der Waals surface area contributed by atoms with E-state index in [0.717, 1.165) is 10.9 Å². The zero-order valence-corrected chi connectivity index (χ0v) is 10.2. The summed E-state index contributed by atoms with van der Waals surface area (Å²) in [6.07, 6.45) is -3.56. The summed E-state index contributed by atoms with van der Waals surface area (Å²) in [6.45, 7) is 0. The highest BCUT2D eigenvalue weighted by Crippen LogP contribution is 2.23. The summed E-state index contributed by atoms with van der Waals surface area (Å²) in [5, 5.41) is 2.65. The van der Waals surface area contributed by atoms with Gasteiger partial charge < -0.3 is 10.3 Å². The van der Waals surface area contributed by atoms with Crippen LogP contribution in [0.25, 0.3) is 10.9 Å². The van der Waals surface area contributed by atoms with Gasteiger partial charge in [-0.05, 0) is 11.6 Å². The van der Waals surface area contributed by atoms with Gasteiger partial charge in [-0.3, -0.25) is 9.59 Å². The highest BCUT2D eigenvalue weighted by Gasteiger charge is 2.43. The Bertz CT molecular complexity index is 634. The van der Waals surface area contributed by atoms with Gasteiger partial charge in [0.15, 0.2) is 0 Å². The van der Waals surface area contributed by atoms with Crippen LogP contribution in [-0.2, 0) is 16.0 Å². The Hall–Kier alpha value is -2.31. The first-order valence-electron chi connectivity index (χ1n) is 5.79. The molecule has 0 radical (unpaired) electrons. The van der Waals surface area contributed by atoms with Gasteiger partial charge in [-0.2, -0.15) is 13.2 Å². The topological polar surface area (TPSA) is 62.0 Å². The van der Waals surface area contributed by atoms with Crippen LogP contribution in [0.5, 0.6) is 0 Å². The lowest BCUT2D eigenvalue weighted by molar-refractivity contribution is -0.173. The molecule has 106 valence electrons. The van der Waals surface area contributed by atoms with Crippen molar-refractivity contribution < 1.29 is 22.8 Å². The molecule has 0 spiro atoms. The zero-order chi connectivity index (χ0) is 14.8. The number of ketones is 1. The fourth-order valence-corrected chi connectivity index (χ4v) is 2.03. The number of aromatic amines is 1. The first kappa shape index (κ1) is 14.1. The normalized spacial score (nSPS) is 13.2. The lowest BCUT2D eigenvalue weighted by Crippen LogP contribution is -2.45. The van der Waals surface area contributed by atoms with Crippen molar-refractivity contribution in [2.24, 2.45) is 0 Å². The predicted octanol–water partition coefficient (Wildman–Crippen LogP) is 1.96. The number of H-pyrrole nitrogens is 1. The molecule has 0 aliphatic heterocycles. The summed E-state index contributed by atoms with van der Waals surface area (Å²) < 4.78 is 37.4. The van der Waals surface area contributed by atoms with E-state index in [9.17, 15) is 22.8 Å². The van der Waals surface area contributed by atoms with E-state index in [0.29, 0.717) is 5.56 Å². The van der Waals surface area contributed by atoms with E-state index in [1.807, 2.05) is 5.32 Å². The maximum absolute atomic E-state index is 12.5. The first-order valence-corrected chi connectivity index (χ1v) is 5.79. The number of halogens is 3. The fraction of sp³-hybridized carbons (Fsp3) is 0.231. The van der Waals surface area contributed by atoms with Gasteiger partial charge in [-0.25, -0.2) is 0 Å². The minimum absolute atomic E-state index is 0.100. The molecule has 1 heterocycles. The molecule has 0 bridgehead atoms. The van der Waals surface area contributed by atoms with Gasteiger partial charge in [-0.1, -0.05) is 18.2 Å². The van der Waals surface area contributed by atoms with Crippen LogP contribution in [0.4, 0.5) is 13.2 Å². The standard InChI is InChI=1S/C13H11F3N2O2/c14-13(15,16)12(20)11(18-7-19)5-8-6-17-10-4-2-1-3-9(8)10/h1-4,6-7,11,17H,5H2,(H,18,19). The largest absolute Gasteiger partial charge is 0.452 e. The van der Waals surface area contributed by atoms with E-state index in [1.54, 1.807) is 24.3 Å². The molecular weight excluding hydrogens is 273 g/mol. The molecule has 2 N–H and O–H groups in total. The van der Waals surface area contributed by atoms with Gasteiger partial charge in [0.2, 0.25) is 6.41 Å². The lowest BCUT2D eigenvalue weighted by Gasteiger charge is -2.16. The highest BCUT2D eigenvalue weighted by molar-refractivity contribution is 5.91. The summed E-state index contributed by atoms with van der Waals surface area (Å²) in [4.78, 5) is 24.6. The third kappa shape index (κ3) is 2.81. The Morgan fingerprint density at radius 3 is 2.70 bits per heavy atom. The average Bonchev–Trinajstić information content (AvgIpc) is 2.80. The monoisotopic (exact) mass is 284 g/mol. The molecule has 1 amide bonds. The van der Waals surface area contributed by atoms with Crippen LogP contribution in [0.15, 0.2) is 30.5 Å². The molecule has 20 heavy (non-hydrogen) atoms. The second-order valence-electron chi connectivity index (χ2n) is 4.26. The van der Waals surface area contributed by atoms with Crippen molar-refractivity contribution in [3.8, 4) is 0 Å². The van der Waals surface area contributed by atoms with Crippen LogP contribution in [0, 0.1) is 0 Å². The molecule has 2 rings (SSSR count). The Labute approximate surface area is 112 Å². The number of carbonyl (C=O) groups excluding carboxylic acids is 2. The molecule has 0 saturated carbocycles. The molecule has 7 heteroatoms. The van der Waals surface area contributed by atoms with Gasteiger partial charge in [0.25, 0.3) is 5.78 Å². The number of Topliss-reactive ketones (excluding diaryl/α,β-unsaturated/α-hetero) is 1. The second-order valence-corrected chi connectivity index (χ2v) is 4.26. The maximum Gasteiger partial charge on any atom is 0.452 e. The predicted molar refractivity (Wildman–Crippen MR) is 66.1 cm³/mol. The molecular formula is C13H11F3N2O2. The number of hydrogen-bond donors (Lipinski definition) is 2. The van der Waals surface area contributed by atoms with Crippen molar-refractivity contribution in [2.45, 2.75) is 18.6 Å². The van der Waals surface area contributed by atoms with Crippen LogP contribution in [0.3, 0.4) is 0 Å². The number of aromatic nitrogens is 1. The second kappa shape index (κ2) is 5.36. The Morgan fingerprint density at radius 1 is 1.35 bits per heavy atom. The molecule has 0 aliphatic carbocycles. The molecule has 1 atom stereocenters. The van der Waals surface area contributed by atoms with E-state index >= 15 is 0 Å². The minimum Gasteiger partial charge on any atom is -0.361 e.